The molecule has 0 saturated heterocycles. The van der Waals surface area contributed by atoms with Gasteiger partial charge in [-0.15, -0.1) is 0 Å². The predicted molar refractivity (Wildman–Crippen MR) is 59.4 cm³/mol. The van der Waals surface area contributed by atoms with Gasteiger partial charge in [0, 0.05) is 13.1 Å². The normalized spacial score (nSPS) is 15.9. The van der Waals surface area contributed by atoms with Crippen molar-refractivity contribution in [3.8, 4) is 0 Å². The van der Waals surface area contributed by atoms with Crippen molar-refractivity contribution in [2.75, 3.05) is 23.7 Å². The van der Waals surface area contributed by atoms with Crippen LogP contribution in [0.5, 0.6) is 0 Å². The number of nitrogen functional groups attached to an aromatic ring is 1. The molecule has 74 valence electrons. The van der Waals surface area contributed by atoms with Crippen molar-refractivity contribution in [2.24, 2.45) is 0 Å². The highest BCUT2D eigenvalue weighted by atomic mass is 15.2. The van der Waals surface area contributed by atoms with E-state index in [2.05, 4.69) is 22.0 Å². The number of nitrogens with two attached hydrogens (primary N) is 1. The molecule has 14 heavy (non-hydrogen) atoms. The van der Waals surface area contributed by atoms with Crippen LogP contribution < -0.4 is 10.6 Å². The number of aryl methyl sites for hydroxylation is 1. The molecule has 1 aromatic heterocycles. The quantitative estimate of drug-likeness (QED) is 0.684. The van der Waals surface area contributed by atoms with Gasteiger partial charge in [-0.25, -0.2) is 4.98 Å². The van der Waals surface area contributed by atoms with Gasteiger partial charge in [0.05, 0.1) is 11.4 Å². The molecule has 2 rings (SSSR count). The average Bonchev–Trinajstić information content (AvgIpc) is 2.23. The molecule has 0 aliphatic carbocycles. The lowest BCUT2D eigenvalue weighted by Gasteiger charge is -2.24. The first kappa shape index (κ1) is 9.06. The van der Waals surface area contributed by atoms with Crippen LogP contribution in [0.1, 0.15) is 12.1 Å². The van der Waals surface area contributed by atoms with Crippen LogP contribution in [0.4, 0.5) is 11.5 Å². The molecule has 0 spiro atoms. The third-order valence-corrected chi connectivity index (χ3v) is 2.49. The zero-order valence-electron chi connectivity index (χ0n) is 8.40. The topological polar surface area (TPSA) is 42.2 Å². The molecule has 1 aromatic rings. The van der Waals surface area contributed by atoms with E-state index in [1.165, 1.54) is 0 Å². The van der Waals surface area contributed by atoms with E-state index < -0.39 is 0 Å². The third-order valence-electron chi connectivity index (χ3n) is 2.49. The summed E-state index contributed by atoms with van der Waals surface area (Å²) in [6.07, 6.45) is 5.49. The molecule has 0 saturated carbocycles. The molecule has 0 unspecified atom stereocenters. The van der Waals surface area contributed by atoms with Gasteiger partial charge in [0.15, 0.2) is 0 Å². The van der Waals surface area contributed by atoms with E-state index in [9.17, 15) is 0 Å². The van der Waals surface area contributed by atoms with Crippen LogP contribution in [0.3, 0.4) is 0 Å². The lowest BCUT2D eigenvalue weighted by Crippen LogP contribution is -2.27. The molecule has 1 aliphatic rings. The summed E-state index contributed by atoms with van der Waals surface area (Å²) in [4.78, 5) is 6.72. The second kappa shape index (κ2) is 3.70. The third kappa shape index (κ3) is 1.71. The molecule has 0 atom stereocenters. The van der Waals surface area contributed by atoms with Gasteiger partial charge in [-0.2, -0.15) is 0 Å². The van der Waals surface area contributed by atoms with Crippen molar-refractivity contribution < 1.29 is 0 Å². The van der Waals surface area contributed by atoms with Crippen LogP contribution in [-0.2, 0) is 0 Å². The minimum Gasteiger partial charge on any atom is -0.397 e. The number of hydrogen-bond donors (Lipinski definition) is 1. The first-order valence-electron chi connectivity index (χ1n) is 4.90. The maximum absolute atomic E-state index is 5.72. The van der Waals surface area contributed by atoms with E-state index in [1.54, 1.807) is 0 Å². The van der Waals surface area contributed by atoms with Crippen LogP contribution in [0.2, 0.25) is 0 Å². The van der Waals surface area contributed by atoms with Gasteiger partial charge in [0.1, 0.15) is 5.82 Å². The molecular formula is C11H15N3. The molecule has 2 N–H and O–H groups in total. The van der Waals surface area contributed by atoms with Crippen LogP contribution >= 0.6 is 0 Å². The Bertz CT molecular complexity index is 358. The van der Waals surface area contributed by atoms with Crippen molar-refractivity contribution in [3.63, 3.8) is 0 Å². The summed E-state index contributed by atoms with van der Waals surface area (Å²) in [6.45, 7) is 3.95. The minimum atomic E-state index is 0.765. The second-order valence-corrected chi connectivity index (χ2v) is 3.55. The molecule has 0 radical (unpaired) electrons. The Morgan fingerprint density at radius 3 is 2.86 bits per heavy atom. The Kier molecular flexibility index (Phi) is 2.39. The standard InChI is InChI=1S/C11H15N3/c1-9-10(12)5-6-11(13-9)14-7-3-2-4-8-14/h2-3,5-6H,4,7-8,12H2,1H3. The zero-order valence-corrected chi connectivity index (χ0v) is 8.40. The number of pyridine rings is 1. The summed E-state index contributed by atoms with van der Waals surface area (Å²) in [5.74, 6) is 1.03. The van der Waals surface area contributed by atoms with E-state index in [-0.39, 0.29) is 0 Å². The minimum absolute atomic E-state index is 0.765. The van der Waals surface area contributed by atoms with Crippen molar-refractivity contribution in [2.45, 2.75) is 13.3 Å². The van der Waals surface area contributed by atoms with Gasteiger partial charge < -0.3 is 10.6 Å². The monoisotopic (exact) mass is 189 g/mol. The fraction of sp³-hybridized carbons (Fsp3) is 0.364. The van der Waals surface area contributed by atoms with Crippen molar-refractivity contribution >= 4 is 11.5 Å². The summed E-state index contributed by atoms with van der Waals surface area (Å²) < 4.78 is 0. The van der Waals surface area contributed by atoms with Gasteiger partial charge in [0.25, 0.3) is 0 Å². The maximum atomic E-state index is 5.72. The van der Waals surface area contributed by atoms with Crippen LogP contribution in [0.25, 0.3) is 0 Å². The smallest absolute Gasteiger partial charge is 0.129 e. The Hall–Kier alpha value is -1.51. The summed E-state index contributed by atoms with van der Waals surface area (Å²) >= 11 is 0. The Morgan fingerprint density at radius 2 is 2.21 bits per heavy atom. The molecular weight excluding hydrogens is 174 g/mol. The molecule has 0 amide bonds. The lowest BCUT2D eigenvalue weighted by molar-refractivity contribution is 0.803. The molecule has 3 heteroatoms. The van der Waals surface area contributed by atoms with E-state index in [4.69, 9.17) is 5.73 Å². The second-order valence-electron chi connectivity index (χ2n) is 3.55. The molecule has 3 nitrogen and oxygen atoms in total. The van der Waals surface area contributed by atoms with Crippen molar-refractivity contribution in [1.82, 2.24) is 4.98 Å². The average molecular weight is 189 g/mol. The molecule has 0 bridgehead atoms. The molecule has 2 heterocycles. The van der Waals surface area contributed by atoms with Gasteiger partial charge in [-0.3, -0.25) is 0 Å². The molecule has 0 aromatic carbocycles. The summed E-state index contributed by atoms with van der Waals surface area (Å²) in [7, 11) is 0. The highest BCUT2D eigenvalue weighted by Crippen LogP contribution is 2.17. The number of hydrogen-bond acceptors (Lipinski definition) is 3. The van der Waals surface area contributed by atoms with Crippen LogP contribution in [0.15, 0.2) is 24.3 Å². The fourth-order valence-electron chi connectivity index (χ4n) is 1.58. The number of anilines is 2. The van der Waals surface area contributed by atoms with Crippen molar-refractivity contribution in [3.05, 3.63) is 30.0 Å². The first-order chi connectivity index (χ1) is 6.77. The Morgan fingerprint density at radius 1 is 1.36 bits per heavy atom. The Labute approximate surface area is 84.2 Å². The van der Waals surface area contributed by atoms with Crippen LogP contribution in [-0.4, -0.2) is 18.1 Å². The van der Waals surface area contributed by atoms with Crippen LogP contribution in [0, 0.1) is 6.92 Å². The van der Waals surface area contributed by atoms with Gasteiger partial charge >= 0.3 is 0 Å². The molecule has 1 aliphatic heterocycles. The van der Waals surface area contributed by atoms with E-state index in [0.717, 1.165) is 36.7 Å². The lowest BCUT2D eigenvalue weighted by atomic mass is 10.2. The van der Waals surface area contributed by atoms with Gasteiger partial charge in [-0.1, -0.05) is 12.2 Å². The number of rotatable bonds is 1. The summed E-state index contributed by atoms with van der Waals surface area (Å²) in [5, 5.41) is 0. The number of aromatic nitrogens is 1. The van der Waals surface area contributed by atoms with E-state index in [0.29, 0.717) is 0 Å². The SMILES string of the molecule is Cc1nc(N2CC=CCC2)ccc1N. The fourth-order valence-corrected chi connectivity index (χ4v) is 1.58. The molecule has 0 fully saturated rings. The highest BCUT2D eigenvalue weighted by molar-refractivity contribution is 5.51. The Balaban J connectivity index is 2.23. The van der Waals surface area contributed by atoms with Gasteiger partial charge in [0.2, 0.25) is 0 Å². The zero-order chi connectivity index (χ0) is 9.97. The largest absolute Gasteiger partial charge is 0.397 e. The van der Waals surface area contributed by atoms with Crippen molar-refractivity contribution in [1.29, 1.82) is 0 Å². The maximum Gasteiger partial charge on any atom is 0.129 e. The number of nitrogens with zero attached hydrogens (tertiary/aromatic N) is 2. The van der Waals surface area contributed by atoms with E-state index >= 15 is 0 Å². The first-order valence-corrected chi connectivity index (χ1v) is 4.90. The predicted octanol–water partition coefficient (Wildman–Crippen LogP) is 1.74. The highest BCUT2D eigenvalue weighted by Gasteiger charge is 2.08. The van der Waals surface area contributed by atoms with E-state index in [1.807, 2.05) is 19.1 Å². The summed E-state index contributed by atoms with van der Waals surface area (Å²) in [6, 6.07) is 3.91. The van der Waals surface area contributed by atoms with Gasteiger partial charge in [-0.05, 0) is 25.5 Å². The summed E-state index contributed by atoms with van der Waals surface area (Å²) in [5.41, 5.74) is 7.40.